The van der Waals surface area contributed by atoms with Crippen molar-refractivity contribution in [2.24, 2.45) is 0 Å². The smallest absolute Gasteiger partial charge is 0.248 e. The van der Waals surface area contributed by atoms with Gasteiger partial charge >= 0.3 is 0 Å². The third-order valence-corrected chi connectivity index (χ3v) is 1.66. The lowest BCUT2D eigenvalue weighted by atomic mass is 10.1. The maximum absolute atomic E-state index is 9.33. The predicted octanol–water partition coefficient (Wildman–Crippen LogP) is -0.648. The Bertz CT molecular complexity index is 191. The number of hydrogen-bond acceptors (Lipinski definition) is 4. The Morgan fingerprint density at radius 3 is 2.27 bits per heavy atom. The van der Waals surface area contributed by atoms with Crippen LogP contribution in [0, 0.1) is 0 Å². The summed E-state index contributed by atoms with van der Waals surface area (Å²) < 4.78 is 4.55. The molecule has 3 N–H and O–H groups in total. The number of aliphatic hydroxyl groups is 3. The first kappa shape index (κ1) is 8.67. The summed E-state index contributed by atoms with van der Waals surface area (Å²) in [4.78, 5) is 0. The molecule has 2 atom stereocenters. The van der Waals surface area contributed by atoms with Crippen molar-refractivity contribution in [1.82, 2.24) is 0 Å². The van der Waals surface area contributed by atoms with Crippen molar-refractivity contribution in [1.29, 1.82) is 0 Å². The van der Waals surface area contributed by atoms with Gasteiger partial charge < -0.3 is 20.1 Å². The molecule has 0 aromatic carbocycles. The van der Waals surface area contributed by atoms with Crippen LogP contribution >= 0.6 is 0 Å². The standard InChI is InChI=1S/C7H12O4/c1-5(2)3-6(9)7(10,4-8)11-6/h8-10H,1,3-4H2,2H3. The summed E-state index contributed by atoms with van der Waals surface area (Å²) in [6, 6.07) is 0. The van der Waals surface area contributed by atoms with E-state index in [1.165, 1.54) is 0 Å². The van der Waals surface area contributed by atoms with Crippen molar-refractivity contribution in [3.63, 3.8) is 0 Å². The fourth-order valence-electron chi connectivity index (χ4n) is 0.993. The van der Waals surface area contributed by atoms with Gasteiger partial charge in [0.25, 0.3) is 0 Å². The maximum atomic E-state index is 9.33. The molecule has 0 spiro atoms. The SMILES string of the molecule is C=C(C)CC1(O)OC1(O)CO. The Morgan fingerprint density at radius 1 is 1.45 bits per heavy atom. The van der Waals surface area contributed by atoms with Gasteiger partial charge in [-0.25, -0.2) is 0 Å². The molecule has 0 amide bonds. The average Bonchev–Trinajstić information content (AvgIpc) is 2.34. The van der Waals surface area contributed by atoms with Gasteiger partial charge in [-0.15, -0.1) is 0 Å². The summed E-state index contributed by atoms with van der Waals surface area (Å²) in [6.07, 6.45) is 0.143. The van der Waals surface area contributed by atoms with Gasteiger partial charge in [-0.3, -0.25) is 0 Å². The largest absolute Gasteiger partial charge is 0.391 e. The molecule has 1 fully saturated rings. The van der Waals surface area contributed by atoms with Crippen molar-refractivity contribution in [2.45, 2.75) is 24.9 Å². The van der Waals surface area contributed by atoms with E-state index in [9.17, 15) is 5.11 Å². The van der Waals surface area contributed by atoms with E-state index in [2.05, 4.69) is 11.3 Å². The van der Waals surface area contributed by atoms with Crippen molar-refractivity contribution in [2.75, 3.05) is 6.61 Å². The zero-order valence-corrected chi connectivity index (χ0v) is 6.37. The van der Waals surface area contributed by atoms with Crippen LogP contribution in [0.4, 0.5) is 0 Å². The molecule has 0 radical (unpaired) electrons. The fourth-order valence-corrected chi connectivity index (χ4v) is 0.993. The van der Waals surface area contributed by atoms with E-state index >= 15 is 0 Å². The Morgan fingerprint density at radius 2 is 2.00 bits per heavy atom. The summed E-state index contributed by atoms with van der Waals surface area (Å²) in [6.45, 7) is 4.65. The van der Waals surface area contributed by atoms with Crippen LogP contribution in [0.25, 0.3) is 0 Å². The molecule has 1 aliphatic rings. The topological polar surface area (TPSA) is 73.2 Å². The molecule has 4 heteroatoms. The molecule has 0 bridgehead atoms. The van der Waals surface area contributed by atoms with E-state index in [4.69, 9.17) is 10.2 Å². The van der Waals surface area contributed by atoms with E-state index in [1.807, 2.05) is 0 Å². The predicted molar refractivity (Wildman–Crippen MR) is 37.5 cm³/mol. The molecule has 1 rings (SSSR count). The summed E-state index contributed by atoms with van der Waals surface area (Å²) in [5.41, 5.74) is 0.692. The molecule has 64 valence electrons. The van der Waals surface area contributed by atoms with Crippen molar-refractivity contribution in [3.8, 4) is 0 Å². The second-order valence-electron chi connectivity index (χ2n) is 2.96. The zero-order valence-electron chi connectivity index (χ0n) is 6.37. The maximum Gasteiger partial charge on any atom is 0.248 e. The van der Waals surface area contributed by atoms with Crippen LogP contribution in [-0.4, -0.2) is 33.5 Å². The highest BCUT2D eigenvalue weighted by Crippen LogP contribution is 2.46. The van der Waals surface area contributed by atoms with Crippen molar-refractivity contribution in [3.05, 3.63) is 12.2 Å². The molecule has 1 aliphatic heterocycles. The lowest BCUT2D eigenvalue weighted by Gasteiger charge is -2.06. The van der Waals surface area contributed by atoms with Gasteiger partial charge in [0.15, 0.2) is 0 Å². The van der Waals surface area contributed by atoms with E-state index in [-0.39, 0.29) is 6.42 Å². The highest BCUT2D eigenvalue weighted by atomic mass is 16.8. The molecule has 0 aromatic rings. The number of hydrogen-bond donors (Lipinski definition) is 3. The Kier molecular flexibility index (Phi) is 1.80. The van der Waals surface area contributed by atoms with Crippen LogP contribution in [0.15, 0.2) is 12.2 Å². The second-order valence-corrected chi connectivity index (χ2v) is 2.96. The van der Waals surface area contributed by atoms with Crippen LogP contribution in [0.2, 0.25) is 0 Å². The molecule has 0 aliphatic carbocycles. The summed E-state index contributed by atoms with van der Waals surface area (Å²) in [7, 11) is 0. The van der Waals surface area contributed by atoms with E-state index in [1.54, 1.807) is 6.92 Å². The molecule has 2 unspecified atom stereocenters. The van der Waals surface area contributed by atoms with E-state index < -0.39 is 18.2 Å². The summed E-state index contributed by atoms with van der Waals surface area (Å²) >= 11 is 0. The number of rotatable bonds is 3. The quantitative estimate of drug-likeness (QED) is 0.379. The minimum atomic E-state index is -1.77. The van der Waals surface area contributed by atoms with Gasteiger partial charge in [0.05, 0.1) is 0 Å². The molecule has 4 nitrogen and oxygen atoms in total. The van der Waals surface area contributed by atoms with Gasteiger partial charge in [-0.2, -0.15) is 0 Å². The number of epoxide rings is 1. The normalized spacial score (nSPS) is 42.2. The number of aliphatic hydroxyl groups excluding tert-OH is 1. The van der Waals surface area contributed by atoms with E-state index in [0.717, 1.165) is 0 Å². The lowest BCUT2D eigenvalue weighted by molar-refractivity contribution is -0.0225. The zero-order chi connectivity index (χ0) is 8.70. The van der Waals surface area contributed by atoms with Gasteiger partial charge in [0.2, 0.25) is 11.6 Å². The van der Waals surface area contributed by atoms with Crippen LogP contribution in [0.5, 0.6) is 0 Å². The molecular weight excluding hydrogens is 148 g/mol. The monoisotopic (exact) mass is 160 g/mol. The minimum Gasteiger partial charge on any atom is -0.391 e. The lowest BCUT2D eigenvalue weighted by Crippen LogP contribution is -2.29. The molecule has 1 saturated heterocycles. The Balaban J connectivity index is 2.55. The second kappa shape index (κ2) is 2.28. The Hall–Kier alpha value is -0.420. The summed E-state index contributed by atoms with van der Waals surface area (Å²) in [5, 5.41) is 27.0. The van der Waals surface area contributed by atoms with Crippen molar-refractivity contribution < 1.29 is 20.1 Å². The first-order valence-corrected chi connectivity index (χ1v) is 3.34. The molecule has 1 heterocycles. The van der Waals surface area contributed by atoms with Gasteiger partial charge in [0.1, 0.15) is 6.61 Å². The Labute approximate surface area is 64.7 Å². The minimum absolute atomic E-state index is 0.143. The first-order valence-electron chi connectivity index (χ1n) is 3.34. The highest BCUT2D eigenvalue weighted by Gasteiger charge is 2.69. The average molecular weight is 160 g/mol. The van der Waals surface area contributed by atoms with Crippen LogP contribution in [0.1, 0.15) is 13.3 Å². The van der Waals surface area contributed by atoms with Gasteiger partial charge in [-0.05, 0) is 6.92 Å². The molecule has 0 saturated carbocycles. The van der Waals surface area contributed by atoms with Gasteiger partial charge in [-0.1, -0.05) is 12.2 Å². The molecule has 11 heavy (non-hydrogen) atoms. The van der Waals surface area contributed by atoms with Crippen LogP contribution < -0.4 is 0 Å². The number of ether oxygens (including phenoxy) is 1. The fraction of sp³-hybridized carbons (Fsp3) is 0.714. The van der Waals surface area contributed by atoms with E-state index in [0.29, 0.717) is 5.57 Å². The first-order chi connectivity index (χ1) is 4.93. The van der Waals surface area contributed by atoms with Crippen LogP contribution in [-0.2, 0) is 4.74 Å². The summed E-state index contributed by atoms with van der Waals surface area (Å²) in [5.74, 6) is -3.39. The molecular formula is C7H12O4. The highest BCUT2D eigenvalue weighted by molar-refractivity contribution is 5.08. The van der Waals surface area contributed by atoms with Crippen molar-refractivity contribution >= 4 is 0 Å². The molecule has 0 aromatic heterocycles. The third-order valence-electron chi connectivity index (χ3n) is 1.66. The third kappa shape index (κ3) is 1.30. The van der Waals surface area contributed by atoms with Crippen LogP contribution in [0.3, 0.4) is 0 Å². The van der Waals surface area contributed by atoms with Gasteiger partial charge in [0, 0.05) is 6.42 Å².